The number of likely N-dealkylation sites (N-methyl/N-ethyl adjacent to an activating group) is 1. The molecule has 1 saturated heterocycles. The van der Waals surface area contributed by atoms with Gasteiger partial charge in [-0.1, -0.05) is 26.2 Å². The number of rotatable bonds is 5. The summed E-state index contributed by atoms with van der Waals surface area (Å²) in [5.41, 5.74) is -1.07. The molecule has 0 aromatic heterocycles. The molecule has 2 unspecified atom stereocenters. The Labute approximate surface area is 119 Å². The van der Waals surface area contributed by atoms with Crippen LogP contribution < -0.4 is 10.6 Å². The maximum Gasteiger partial charge on any atom is 0.329 e. The van der Waals surface area contributed by atoms with Crippen LogP contribution in [0.25, 0.3) is 0 Å². The third kappa shape index (κ3) is 3.12. The van der Waals surface area contributed by atoms with Gasteiger partial charge in [0, 0.05) is 6.04 Å². The summed E-state index contributed by atoms with van der Waals surface area (Å²) in [4.78, 5) is 24.0. The number of nitrogens with one attached hydrogen (secondary N) is 2. The molecule has 6 heteroatoms. The summed E-state index contributed by atoms with van der Waals surface area (Å²) in [6.07, 6.45) is 3.78. The number of amides is 1. The van der Waals surface area contributed by atoms with Gasteiger partial charge in [-0.25, -0.2) is 4.79 Å². The van der Waals surface area contributed by atoms with E-state index < -0.39 is 11.5 Å². The van der Waals surface area contributed by atoms with Gasteiger partial charge in [0.15, 0.2) is 0 Å². The van der Waals surface area contributed by atoms with Crippen LogP contribution in [0.1, 0.15) is 39.0 Å². The number of hydrogen-bond donors (Lipinski definition) is 3. The van der Waals surface area contributed by atoms with Gasteiger partial charge in [-0.15, -0.1) is 0 Å². The first-order valence-electron chi connectivity index (χ1n) is 7.45. The summed E-state index contributed by atoms with van der Waals surface area (Å²) in [7, 11) is 0. The van der Waals surface area contributed by atoms with E-state index in [1.807, 2.05) is 6.92 Å². The second-order valence-corrected chi connectivity index (χ2v) is 5.75. The molecule has 1 amide bonds. The molecule has 2 aliphatic rings. The first kappa shape index (κ1) is 15.3. The number of ether oxygens (including phenoxy) is 1. The zero-order valence-corrected chi connectivity index (χ0v) is 12.0. The molecule has 2 atom stereocenters. The molecule has 1 saturated carbocycles. The standard InChI is InChI=1S/C14H24N2O4/c1-2-15-11-9-20-8-10(11)12(17)16-14(13(18)19)6-4-3-5-7-14/h10-11,15H,2-9H2,1H3,(H,16,17)(H,18,19). The van der Waals surface area contributed by atoms with Crippen LogP contribution in [-0.2, 0) is 14.3 Å². The minimum atomic E-state index is -1.07. The van der Waals surface area contributed by atoms with Gasteiger partial charge in [0.2, 0.25) is 5.91 Å². The topological polar surface area (TPSA) is 87.7 Å². The fraction of sp³-hybridized carbons (Fsp3) is 0.857. The quantitative estimate of drug-likeness (QED) is 0.685. The van der Waals surface area contributed by atoms with E-state index >= 15 is 0 Å². The van der Waals surface area contributed by atoms with Crippen LogP contribution in [0.5, 0.6) is 0 Å². The fourth-order valence-electron chi connectivity index (χ4n) is 3.15. The molecule has 0 spiro atoms. The Hall–Kier alpha value is -1.14. The molecule has 0 aromatic carbocycles. The first-order chi connectivity index (χ1) is 9.59. The van der Waals surface area contributed by atoms with Gasteiger partial charge >= 0.3 is 5.97 Å². The van der Waals surface area contributed by atoms with E-state index in [0.29, 0.717) is 26.1 Å². The van der Waals surface area contributed by atoms with Crippen molar-refractivity contribution in [1.29, 1.82) is 0 Å². The van der Waals surface area contributed by atoms with Gasteiger partial charge in [0.25, 0.3) is 0 Å². The van der Waals surface area contributed by atoms with Crippen LogP contribution in [0.3, 0.4) is 0 Å². The van der Waals surface area contributed by atoms with Gasteiger partial charge in [-0.2, -0.15) is 0 Å². The highest BCUT2D eigenvalue weighted by molar-refractivity contribution is 5.88. The van der Waals surface area contributed by atoms with Crippen molar-refractivity contribution in [1.82, 2.24) is 10.6 Å². The molecule has 0 aromatic rings. The molecule has 6 nitrogen and oxygen atoms in total. The summed E-state index contributed by atoms with van der Waals surface area (Å²) in [6, 6.07) is -0.0190. The van der Waals surface area contributed by atoms with Crippen molar-refractivity contribution in [2.24, 2.45) is 5.92 Å². The molecule has 0 bridgehead atoms. The highest BCUT2D eigenvalue weighted by Gasteiger charge is 2.44. The van der Waals surface area contributed by atoms with Gasteiger partial charge in [0.05, 0.1) is 19.1 Å². The van der Waals surface area contributed by atoms with Crippen LogP contribution in [0.4, 0.5) is 0 Å². The molecular formula is C14H24N2O4. The number of carbonyl (C=O) groups is 2. The Kier molecular flexibility index (Phi) is 4.99. The Morgan fingerprint density at radius 3 is 2.55 bits per heavy atom. The second-order valence-electron chi connectivity index (χ2n) is 5.75. The molecule has 2 rings (SSSR count). The lowest BCUT2D eigenvalue weighted by Gasteiger charge is -2.35. The summed E-state index contributed by atoms with van der Waals surface area (Å²) < 4.78 is 5.36. The number of carbonyl (C=O) groups excluding carboxylic acids is 1. The van der Waals surface area contributed by atoms with Crippen LogP contribution in [0.15, 0.2) is 0 Å². The maximum absolute atomic E-state index is 12.4. The Bertz CT molecular complexity index is 366. The van der Waals surface area contributed by atoms with Crippen LogP contribution in [0, 0.1) is 5.92 Å². The molecule has 0 radical (unpaired) electrons. The van der Waals surface area contributed by atoms with E-state index in [4.69, 9.17) is 4.74 Å². The predicted octanol–water partition coefficient (Wildman–Crippen LogP) is 0.515. The van der Waals surface area contributed by atoms with Crippen LogP contribution in [0.2, 0.25) is 0 Å². The van der Waals surface area contributed by atoms with E-state index in [-0.39, 0.29) is 17.9 Å². The van der Waals surface area contributed by atoms with Crippen molar-refractivity contribution in [3.05, 3.63) is 0 Å². The number of hydrogen-bond acceptors (Lipinski definition) is 4. The van der Waals surface area contributed by atoms with E-state index in [1.165, 1.54) is 0 Å². The fourth-order valence-corrected chi connectivity index (χ4v) is 3.15. The van der Waals surface area contributed by atoms with Crippen LogP contribution in [-0.4, -0.2) is 48.3 Å². The summed E-state index contributed by atoms with van der Waals surface area (Å²) in [5.74, 6) is -1.41. The lowest BCUT2D eigenvalue weighted by molar-refractivity contribution is -0.150. The molecule has 20 heavy (non-hydrogen) atoms. The minimum Gasteiger partial charge on any atom is -0.480 e. The van der Waals surface area contributed by atoms with E-state index in [9.17, 15) is 14.7 Å². The second kappa shape index (κ2) is 6.54. The molecule has 1 aliphatic carbocycles. The lowest BCUT2D eigenvalue weighted by Crippen LogP contribution is -2.58. The molecule has 3 N–H and O–H groups in total. The summed E-state index contributed by atoms with van der Waals surface area (Å²) in [5, 5.41) is 15.5. The van der Waals surface area contributed by atoms with Crippen molar-refractivity contribution in [3.8, 4) is 0 Å². The molecule has 1 aliphatic heterocycles. The number of carboxylic acids is 1. The number of aliphatic carboxylic acids is 1. The average Bonchev–Trinajstić information content (AvgIpc) is 2.88. The first-order valence-corrected chi connectivity index (χ1v) is 7.45. The highest BCUT2D eigenvalue weighted by atomic mass is 16.5. The van der Waals surface area contributed by atoms with Crippen molar-refractivity contribution < 1.29 is 19.4 Å². The normalized spacial score (nSPS) is 29.1. The lowest BCUT2D eigenvalue weighted by atomic mass is 9.81. The SMILES string of the molecule is CCNC1COCC1C(=O)NC1(C(=O)O)CCCCC1. The zero-order valence-electron chi connectivity index (χ0n) is 12.0. The van der Waals surface area contributed by atoms with Crippen molar-refractivity contribution >= 4 is 11.9 Å². The molecule has 2 fully saturated rings. The maximum atomic E-state index is 12.4. The van der Waals surface area contributed by atoms with Crippen molar-refractivity contribution in [2.45, 2.75) is 50.6 Å². The largest absolute Gasteiger partial charge is 0.480 e. The molecular weight excluding hydrogens is 260 g/mol. The van der Waals surface area contributed by atoms with Crippen molar-refractivity contribution in [3.63, 3.8) is 0 Å². The Morgan fingerprint density at radius 2 is 1.95 bits per heavy atom. The van der Waals surface area contributed by atoms with E-state index in [0.717, 1.165) is 25.8 Å². The summed E-state index contributed by atoms with van der Waals surface area (Å²) in [6.45, 7) is 3.61. The zero-order chi connectivity index (χ0) is 14.6. The highest BCUT2D eigenvalue weighted by Crippen LogP contribution is 2.29. The third-order valence-electron chi connectivity index (χ3n) is 4.36. The Balaban J connectivity index is 2.03. The average molecular weight is 284 g/mol. The third-order valence-corrected chi connectivity index (χ3v) is 4.36. The van der Waals surface area contributed by atoms with Gasteiger partial charge < -0.3 is 20.5 Å². The van der Waals surface area contributed by atoms with Crippen LogP contribution >= 0.6 is 0 Å². The van der Waals surface area contributed by atoms with Gasteiger partial charge in [0.1, 0.15) is 5.54 Å². The van der Waals surface area contributed by atoms with Crippen molar-refractivity contribution in [2.75, 3.05) is 19.8 Å². The Morgan fingerprint density at radius 1 is 1.25 bits per heavy atom. The predicted molar refractivity (Wildman–Crippen MR) is 73.4 cm³/mol. The minimum absolute atomic E-state index is 0.0190. The number of carboxylic acid groups (broad SMARTS) is 1. The van der Waals surface area contributed by atoms with Gasteiger partial charge in [-0.05, 0) is 19.4 Å². The smallest absolute Gasteiger partial charge is 0.329 e. The van der Waals surface area contributed by atoms with E-state index in [2.05, 4.69) is 10.6 Å². The monoisotopic (exact) mass is 284 g/mol. The molecule has 1 heterocycles. The van der Waals surface area contributed by atoms with Gasteiger partial charge in [-0.3, -0.25) is 4.79 Å². The van der Waals surface area contributed by atoms with E-state index in [1.54, 1.807) is 0 Å². The summed E-state index contributed by atoms with van der Waals surface area (Å²) >= 11 is 0. The molecule has 114 valence electrons.